The van der Waals surface area contributed by atoms with Crippen LogP contribution in [0.2, 0.25) is 5.02 Å². The number of hydrogen-bond donors (Lipinski definition) is 1. The maximum Gasteiger partial charge on any atom is 0.293 e. The average molecular weight is 423 g/mol. The molecule has 0 bridgehead atoms. The van der Waals surface area contributed by atoms with Crippen LogP contribution in [0, 0.1) is 6.92 Å². The second-order valence-electron chi connectivity index (χ2n) is 6.67. The summed E-state index contributed by atoms with van der Waals surface area (Å²) in [6.07, 6.45) is 1.57. The molecule has 2 heterocycles. The lowest BCUT2D eigenvalue weighted by Crippen LogP contribution is -2.12. The van der Waals surface area contributed by atoms with Crippen molar-refractivity contribution in [2.45, 2.75) is 20.1 Å². The first kappa shape index (κ1) is 19.7. The van der Waals surface area contributed by atoms with E-state index in [0.29, 0.717) is 23.1 Å². The smallest absolute Gasteiger partial charge is 0.293 e. The molecule has 2 aromatic heterocycles. The molecule has 1 amide bonds. The van der Waals surface area contributed by atoms with Gasteiger partial charge in [-0.25, -0.2) is 9.67 Å². The summed E-state index contributed by atoms with van der Waals surface area (Å²) in [5.41, 5.74) is 2.01. The van der Waals surface area contributed by atoms with E-state index in [4.69, 9.17) is 20.8 Å². The van der Waals surface area contributed by atoms with E-state index in [1.807, 2.05) is 43.3 Å². The first-order chi connectivity index (χ1) is 14.6. The molecule has 4 aromatic rings. The zero-order valence-corrected chi connectivity index (χ0v) is 17.0. The molecule has 7 nitrogen and oxygen atoms in total. The number of carbonyl (C=O) groups excluding carboxylic acids is 1. The Bertz CT molecular complexity index is 1150. The fourth-order valence-corrected chi connectivity index (χ4v) is 3.09. The SMILES string of the molecule is Cc1cc(Cl)ccc1OCc1ccc(C(=O)Nc2ncn(Cc3ccccc3)n2)o1. The number of aromatic nitrogens is 3. The minimum absolute atomic E-state index is 0.154. The molecule has 0 aliphatic heterocycles. The predicted octanol–water partition coefficient (Wildman–Crippen LogP) is 4.71. The van der Waals surface area contributed by atoms with Crippen LogP contribution in [0.4, 0.5) is 5.95 Å². The van der Waals surface area contributed by atoms with Gasteiger partial charge in [0.15, 0.2) is 5.76 Å². The summed E-state index contributed by atoms with van der Waals surface area (Å²) >= 11 is 5.95. The van der Waals surface area contributed by atoms with Crippen molar-refractivity contribution in [1.82, 2.24) is 14.8 Å². The van der Waals surface area contributed by atoms with E-state index in [0.717, 1.165) is 11.1 Å². The van der Waals surface area contributed by atoms with Crippen LogP contribution in [0.5, 0.6) is 5.75 Å². The molecule has 0 radical (unpaired) electrons. The van der Waals surface area contributed by atoms with E-state index >= 15 is 0 Å². The van der Waals surface area contributed by atoms with Crippen molar-refractivity contribution in [2.24, 2.45) is 0 Å². The summed E-state index contributed by atoms with van der Waals surface area (Å²) in [6.45, 7) is 2.67. The Kier molecular flexibility index (Phi) is 5.81. The second kappa shape index (κ2) is 8.84. The molecule has 0 aliphatic carbocycles. The molecule has 1 N–H and O–H groups in total. The van der Waals surface area contributed by atoms with Gasteiger partial charge in [0.25, 0.3) is 5.91 Å². The van der Waals surface area contributed by atoms with E-state index in [9.17, 15) is 4.79 Å². The molecular formula is C22H19ClN4O3. The lowest BCUT2D eigenvalue weighted by atomic mass is 10.2. The highest BCUT2D eigenvalue weighted by Gasteiger charge is 2.14. The largest absolute Gasteiger partial charge is 0.485 e. The third-order valence-electron chi connectivity index (χ3n) is 4.34. The molecule has 0 aliphatic rings. The highest BCUT2D eigenvalue weighted by Crippen LogP contribution is 2.23. The predicted molar refractivity (Wildman–Crippen MR) is 113 cm³/mol. The van der Waals surface area contributed by atoms with Crippen molar-refractivity contribution in [2.75, 3.05) is 5.32 Å². The molecular weight excluding hydrogens is 404 g/mol. The van der Waals surface area contributed by atoms with Crippen molar-refractivity contribution < 1.29 is 13.9 Å². The topological polar surface area (TPSA) is 82.2 Å². The minimum Gasteiger partial charge on any atom is -0.485 e. The number of ether oxygens (including phenoxy) is 1. The van der Waals surface area contributed by atoms with E-state index in [1.165, 1.54) is 0 Å². The van der Waals surface area contributed by atoms with Crippen molar-refractivity contribution in [3.8, 4) is 5.75 Å². The molecule has 0 atom stereocenters. The van der Waals surface area contributed by atoms with Gasteiger partial charge >= 0.3 is 0 Å². The number of rotatable bonds is 7. The average Bonchev–Trinajstić information content (AvgIpc) is 3.38. The quantitative estimate of drug-likeness (QED) is 0.466. The van der Waals surface area contributed by atoms with Gasteiger partial charge < -0.3 is 9.15 Å². The first-order valence-electron chi connectivity index (χ1n) is 9.29. The van der Waals surface area contributed by atoms with E-state index in [-0.39, 0.29) is 18.3 Å². The van der Waals surface area contributed by atoms with Crippen molar-refractivity contribution >= 4 is 23.5 Å². The summed E-state index contributed by atoms with van der Waals surface area (Å²) in [7, 11) is 0. The third kappa shape index (κ3) is 4.87. The molecule has 4 rings (SSSR count). The number of hydrogen-bond acceptors (Lipinski definition) is 5. The Morgan fingerprint density at radius 2 is 2.00 bits per heavy atom. The molecule has 0 spiro atoms. The zero-order chi connectivity index (χ0) is 20.9. The standard InChI is InChI=1S/C22H19ClN4O3/c1-15-11-17(23)7-9-19(15)29-13-18-8-10-20(30-18)21(28)25-22-24-14-27(26-22)12-16-5-3-2-4-6-16/h2-11,14H,12-13H2,1H3,(H,25,26,28). The van der Waals surface area contributed by atoms with Crippen LogP contribution >= 0.6 is 11.6 Å². The Hall–Kier alpha value is -3.58. The molecule has 0 unspecified atom stereocenters. The fraction of sp³-hybridized carbons (Fsp3) is 0.136. The summed E-state index contributed by atoms with van der Waals surface area (Å²) in [4.78, 5) is 16.5. The summed E-state index contributed by atoms with van der Waals surface area (Å²) in [6, 6.07) is 18.5. The number of halogens is 1. The third-order valence-corrected chi connectivity index (χ3v) is 4.58. The number of carbonyl (C=O) groups is 1. The van der Waals surface area contributed by atoms with Crippen LogP contribution in [0.1, 0.15) is 27.4 Å². The van der Waals surface area contributed by atoms with Crippen LogP contribution in [0.25, 0.3) is 0 Å². The first-order valence-corrected chi connectivity index (χ1v) is 9.67. The monoisotopic (exact) mass is 422 g/mol. The number of aryl methyl sites for hydroxylation is 1. The van der Waals surface area contributed by atoms with Crippen LogP contribution in [-0.4, -0.2) is 20.7 Å². The number of furan rings is 1. The maximum atomic E-state index is 12.4. The molecule has 0 fully saturated rings. The molecule has 30 heavy (non-hydrogen) atoms. The van der Waals surface area contributed by atoms with Crippen molar-refractivity contribution in [1.29, 1.82) is 0 Å². The van der Waals surface area contributed by atoms with Gasteiger partial charge in [0, 0.05) is 5.02 Å². The molecule has 8 heteroatoms. The summed E-state index contributed by atoms with van der Waals surface area (Å²) in [5, 5.41) is 7.55. The number of amides is 1. The minimum atomic E-state index is -0.429. The van der Waals surface area contributed by atoms with E-state index in [2.05, 4.69) is 15.4 Å². The molecule has 0 saturated carbocycles. The summed E-state index contributed by atoms with van der Waals surface area (Å²) in [5.74, 6) is 1.16. The van der Waals surface area contributed by atoms with Gasteiger partial charge in [0.1, 0.15) is 24.4 Å². The summed E-state index contributed by atoms with van der Waals surface area (Å²) < 4.78 is 13.0. The number of benzene rings is 2. The van der Waals surface area contributed by atoms with Gasteiger partial charge in [0.2, 0.25) is 5.95 Å². The number of nitrogens with one attached hydrogen (secondary N) is 1. The van der Waals surface area contributed by atoms with Crippen LogP contribution in [0.15, 0.2) is 71.4 Å². The second-order valence-corrected chi connectivity index (χ2v) is 7.11. The van der Waals surface area contributed by atoms with Gasteiger partial charge in [-0.2, -0.15) is 0 Å². The van der Waals surface area contributed by atoms with Gasteiger partial charge in [-0.15, -0.1) is 5.10 Å². The molecule has 152 valence electrons. The lowest BCUT2D eigenvalue weighted by molar-refractivity contribution is 0.0991. The number of anilines is 1. The number of nitrogens with zero attached hydrogens (tertiary/aromatic N) is 3. The maximum absolute atomic E-state index is 12.4. The van der Waals surface area contributed by atoms with Gasteiger partial charge in [-0.1, -0.05) is 41.9 Å². The van der Waals surface area contributed by atoms with Crippen LogP contribution in [0.3, 0.4) is 0 Å². The van der Waals surface area contributed by atoms with E-state index in [1.54, 1.807) is 35.3 Å². The Morgan fingerprint density at radius 3 is 2.80 bits per heavy atom. The zero-order valence-electron chi connectivity index (χ0n) is 16.2. The van der Waals surface area contributed by atoms with Crippen LogP contribution in [-0.2, 0) is 13.2 Å². The Labute approximate surface area is 178 Å². The lowest BCUT2D eigenvalue weighted by Gasteiger charge is -2.07. The fourth-order valence-electron chi connectivity index (χ4n) is 2.86. The Balaban J connectivity index is 1.34. The van der Waals surface area contributed by atoms with Gasteiger partial charge in [0.05, 0.1) is 6.54 Å². The molecule has 0 saturated heterocycles. The van der Waals surface area contributed by atoms with E-state index < -0.39 is 5.91 Å². The Morgan fingerprint density at radius 1 is 1.17 bits per heavy atom. The van der Waals surface area contributed by atoms with Gasteiger partial charge in [-0.3, -0.25) is 10.1 Å². The molecule has 2 aromatic carbocycles. The highest BCUT2D eigenvalue weighted by atomic mass is 35.5. The van der Waals surface area contributed by atoms with Gasteiger partial charge in [-0.05, 0) is 48.4 Å². The van der Waals surface area contributed by atoms with Crippen LogP contribution < -0.4 is 10.1 Å². The van der Waals surface area contributed by atoms with Crippen molar-refractivity contribution in [3.63, 3.8) is 0 Å². The van der Waals surface area contributed by atoms with Crippen molar-refractivity contribution in [3.05, 3.63) is 94.7 Å². The normalized spacial score (nSPS) is 10.7. The highest BCUT2D eigenvalue weighted by molar-refractivity contribution is 6.30.